The van der Waals surface area contributed by atoms with Gasteiger partial charge in [0.2, 0.25) is 11.8 Å². The number of benzene rings is 1. The van der Waals surface area contributed by atoms with Crippen molar-refractivity contribution in [2.75, 3.05) is 11.9 Å². The molecule has 0 radical (unpaired) electrons. The molecule has 2 rings (SSSR count). The molecule has 24 heavy (non-hydrogen) atoms. The van der Waals surface area contributed by atoms with Crippen LogP contribution in [-0.4, -0.2) is 29.3 Å². The van der Waals surface area contributed by atoms with Crippen LogP contribution < -0.4 is 5.32 Å². The zero-order valence-electron chi connectivity index (χ0n) is 14.6. The van der Waals surface area contributed by atoms with Gasteiger partial charge in [-0.05, 0) is 51.7 Å². The second kappa shape index (κ2) is 7.48. The first-order chi connectivity index (χ1) is 11.4. The van der Waals surface area contributed by atoms with E-state index >= 15 is 0 Å². The van der Waals surface area contributed by atoms with Gasteiger partial charge in [0.1, 0.15) is 11.5 Å². The highest BCUT2D eigenvalue weighted by atomic mass is 16.2. The predicted octanol–water partition coefficient (Wildman–Crippen LogP) is 3.31. The molecular formula is C19H25N3O2. The maximum atomic E-state index is 13.0. The third kappa shape index (κ3) is 3.59. The van der Waals surface area contributed by atoms with Crippen LogP contribution in [0.3, 0.4) is 0 Å². The summed E-state index contributed by atoms with van der Waals surface area (Å²) in [4.78, 5) is 27.5. The topological polar surface area (TPSA) is 73.2 Å². The quantitative estimate of drug-likeness (QED) is 0.862. The maximum absolute atomic E-state index is 13.0. The van der Waals surface area contributed by atoms with Crippen molar-refractivity contribution < 1.29 is 9.59 Å². The summed E-state index contributed by atoms with van der Waals surface area (Å²) < 4.78 is 0. The first kappa shape index (κ1) is 18.0. The third-order valence-electron chi connectivity index (χ3n) is 4.76. The predicted molar refractivity (Wildman–Crippen MR) is 93.2 cm³/mol. The Labute approximate surface area is 143 Å². The lowest BCUT2D eigenvalue weighted by Crippen LogP contribution is -2.52. The minimum Gasteiger partial charge on any atom is -0.339 e. The van der Waals surface area contributed by atoms with Crippen molar-refractivity contribution in [3.05, 3.63) is 29.8 Å². The van der Waals surface area contributed by atoms with E-state index in [0.29, 0.717) is 17.8 Å². The van der Waals surface area contributed by atoms with Crippen molar-refractivity contribution >= 4 is 17.5 Å². The molecule has 5 heteroatoms. The van der Waals surface area contributed by atoms with E-state index in [1.54, 1.807) is 38.1 Å². The van der Waals surface area contributed by atoms with Crippen LogP contribution in [0.25, 0.3) is 0 Å². The molecule has 1 fully saturated rings. The second-order valence-corrected chi connectivity index (χ2v) is 6.79. The Balaban J connectivity index is 2.17. The molecule has 5 nitrogen and oxygen atoms in total. The molecule has 2 amide bonds. The number of carbonyl (C=O) groups excluding carboxylic acids is 2. The largest absolute Gasteiger partial charge is 0.339 e. The maximum Gasteiger partial charge on any atom is 0.239 e. The molecule has 128 valence electrons. The highest BCUT2D eigenvalue weighted by Crippen LogP contribution is 2.28. The van der Waals surface area contributed by atoms with Crippen molar-refractivity contribution in [1.82, 2.24) is 4.90 Å². The Morgan fingerprint density at radius 3 is 2.71 bits per heavy atom. The second-order valence-electron chi connectivity index (χ2n) is 6.79. The van der Waals surface area contributed by atoms with E-state index in [9.17, 15) is 9.59 Å². The average molecular weight is 327 g/mol. The lowest BCUT2D eigenvalue weighted by molar-refractivity contribution is -0.149. The number of nitriles is 1. The van der Waals surface area contributed by atoms with E-state index in [1.165, 1.54) is 0 Å². The van der Waals surface area contributed by atoms with Crippen LogP contribution in [0, 0.1) is 16.7 Å². The standard InChI is InChI=1S/C19H25N3O2/c1-4-15-10-7-8-12-22(15)18(24)19(2,3)17(23)21-16-11-6-5-9-14(16)13-20/h5-6,9,11,15H,4,7-8,10,12H2,1-3H3,(H,21,23). The van der Waals surface area contributed by atoms with Crippen LogP contribution in [0.5, 0.6) is 0 Å². The fourth-order valence-electron chi connectivity index (χ4n) is 3.12. The highest BCUT2D eigenvalue weighted by Gasteiger charge is 2.41. The molecule has 1 aromatic carbocycles. The summed E-state index contributed by atoms with van der Waals surface area (Å²) in [6.45, 7) is 6.09. The Morgan fingerprint density at radius 1 is 1.33 bits per heavy atom. The van der Waals surface area contributed by atoms with E-state index < -0.39 is 5.41 Å². The molecule has 0 saturated carbocycles. The van der Waals surface area contributed by atoms with E-state index in [0.717, 1.165) is 25.7 Å². The van der Waals surface area contributed by atoms with Gasteiger partial charge in [0.15, 0.2) is 0 Å². The smallest absolute Gasteiger partial charge is 0.239 e. The molecule has 0 spiro atoms. The third-order valence-corrected chi connectivity index (χ3v) is 4.76. The zero-order valence-corrected chi connectivity index (χ0v) is 14.6. The lowest BCUT2D eigenvalue weighted by atomic mass is 9.87. The number of nitrogens with zero attached hydrogens (tertiary/aromatic N) is 2. The van der Waals surface area contributed by atoms with Crippen molar-refractivity contribution in [3.63, 3.8) is 0 Å². The van der Waals surface area contributed by atoms with E-state index in [1.807, 2.05) is 4.90 Å². The number of nitrogens with one attached hydrogen (secondary N) is 1. The Kier molecular flexibility index (Phi) is 5.61. The highest BCUT2D eigenvalue weighted by molar-refractivity contribution is 6.10. The van der Waals surface area contributed by atoms with Gasteiger partial charge in [0, 0.05) is 12.6 Å². The van der Waals surface area contributed by atoms with Gasteiger partial charge in [-0.2, -0.15) is 5.26 Å². The van der Waals surface area contributed by atoms with Gasteiger partial charge in [0.25, 0.3) is 0 Å². The molecular weight excluding hydrogens is 302 g/mol. The lowest BCUT2D eigenvalue weighted by Gasteiger charge is -2.39. The van der Waals surface area contributed by atoms with Crippen molar-refractivity contribution in [1.29, 1.82) is 5.26 Å². The number of hydrogen-bond acceptors (Lipinski definition) is 3. The Bertz CT molecular complexity index is 661. The van der Waals surface area contributed by atoms with Crippen LogP contribution in [0.4, 0.5) is 5.69 Å². The van der Waals surface area contributed by atoms with Gasteiger partial charge in [-0.1, -0.05) is 19.1 Å². The number of rotatable bonds is 4. The number of likely N-dealkylation sites (tertiary alicyclic amines) is 1. The van der Waals surface area contributed by atoms with E-state index in [2.05, 4.69) is 18.3 Å². The molecule has 1 unspecified atom stereocenters. The van der Waals surface area contributed by atoms with Gasteiger partial charge < -0.3 is 10.2 Å². The fourth-order valence-corrected chi connectivity index (χ4v) is 3.12. The van der Waals surface area contributed by atoms with Crippen LogP contribution >= 0.6 is 0 Å². The van der Waals surface area contributed by atoms with Gasteiger partial charge in [-0.25, -0.2) is 0 Å². The number of para-hydroxylation sites is 1. The van der Waals surface area contributed by atoms with Crippen molar-refractivity contribution in [2.24, 2.45) is 5.41 Å². The summed E-state index contributed by atoms with van der Waals surface area (Å²) in [5.74, 6) is -0.517. The van der Waals surface area contributed by atoms with Crippen LogP contribution in [0.1, 0.15) is 52.0 Å². The van der Waals surface area contributed by atoms with Gasteiger partial charge in [-0.15, -0.1) is 0 Å². The van der Waals surface area contributed by atoms with Crippen molar-refractivity contribution in [2.45, 2.75) is 52.5 Å². The summed E-state index contributed by atoms with van der Waals surface area (Å²) in [5, 5.41) is 11.9. The number of piperidine rings is 1. The molecule has 1 N–H and O–H groups in total. The van der Waals surface area contributed by atoms with Crippen LogP contribution in [0.2, 0.25) is 0 Å². The Morgan fingerprint density at radius 2 is 2.04 bits per heavy atom. The van der Waals surface area contributed by atoms with Gasteiger partial charge in [0.05, 0.1) is 11.3 Å². The molecule has 1 atom stereocenters. The molecule has 1 heterocycles. The number of carbonyl (C=O) groups is 2. The van der Waals surface area contributed by atoms with Crippen molar-refractivity contribution in [3.8, 4) is 6.07 Å². The normalized spacial score (nSPS) is 17.9. The minimum absolute atomic E-state index is 0.138. The summed E-state index contributed by atoms with van der Waals surface area (Å²) in [6.07, 6.45) is 4.01. The fraction of sp³-hybridized carbons (Fsp3) is 0.526. The SMILES string of the molecule is CCC1CCCCN1C(=O)C(C)(C)C(=O)Nc1ccccc1C#N. The molecule has 0 bridgehead atoms. The van der Waals surface area contributed by atoms with Gasteiger partial charge in [-0.3, -0.25) is 9.59 Å². The first-order valence-electron chi connectivity index (χ1n) is 8.53. The number of hydrogen-bond donors (Lipinski definition) is 1. The Hall–Kier alpha value is -2.35. The molecule has 1 aliphatic rings. The first-order valence-corrected chi connectivity index (χ1v) is 8.53. The average Bonchev–Trinajstić information content (AvgIpc) is 2.61. The molecule has 0 aromatic heterocycles. The summed E-state index contributed by atoms with van der Waals surface area (Å²) in [5.41, 5.74) is -0.345. The van der Waals surface area contributed by atoms with E-state index in [-0.39, 0.29) is 17.9 Å². The molecule has 1 aromatic rings. The molecule has 1 saturated heterocycles. The number of anilines is 1. The monoisotopic (exact) mass is 327 g/mol. The van der Waals surface area contributed by atoms with Crippen LogP contribution in [0.15, 0.2) is 24.3 Å². The summed E-state index contributed by atoms with van der Waals surface area (Å²) >= 11 is 0. The van der Waals surface area contributed by atoms with Gasteiger partial charge >= 0.3 is 0 Å². The molecule has 1 aliphatic heterocycles. The minimum atomic E-state index is -1.17. The zero-order chi connectivity index (χ0) is 17.7. The number of amides is 2. The summed E-state index contributed by atoms with van der Waals surface area (Å²) in [6, 6.07) is 9.07. The van der Waals surface area contributed by atoms with E-state index in [4.69, 9.17) is 5.26 Å². The summed E-state index contributed by atoms with van der Waals surface area (Å²) in [7, 11) is 0. The van der Waals surface area contributed by atoms with Crippen LogP contribution in [-0.2, 0) is 9.59 Å². The molecule has 0 aliphatic carbocycles.